The third-order valence-electron chi connectivity index (χ3n) is 4.07. The van der Waals surface area contributed by atoms with Crippen LogP contribution in [0.5, 0.6) is 0 Å². The number of aliphatic hydroxyl groups excluding tert-OH is 1. The molecule has 1 aromatic carbocycles. The van der Waals surface area contributed by atoms with Gasteiger partial charge in [0.15, 0.2) is 0 Å². The van der Waals surface area contributed by atoms with Crippen LogP contribution in [0.2, 0.25) is 0 Å². The Hall–Kier alpha value is -1.85. The number of benzene rings is 1. The van der Waals surface area contributed by atoms with Gasteiger partial charge in [-0.05, 0) is 32.4 Å². The van der Waals surface area contributed by atoms with E-state index in [-0.39, 0.29) is 6.61 Å². The Morgan fingerprint density at radius 2 is 2.00 bits per heavy atom. The molecule has 1 aliphatic rings. The molecule has 0 saturated carbocycles. The van der Waals surface area contributed by atoms with Crippen LogP contribution in [-0.4, -0.2) is 38.7 Å². The van der Waals surface area contributed by atoms with Crippen LogP contribution in [0.1, 0.15) is 24.6 Å². The lowest BCUT2D eigenvalue weighted by Gasteiger charge is -2.23. The fourth-order valence-corrected chi connectivity index (χ4v) is 2.93. The van der Waals surface area contributed by atoms with Gasteiger partial charge in [0.25, 0.3) is 0 Å². The highest BCUT2D eigenvalue weighted by Gasteiger charge is 2.34. The standard InChI is InChI=1S/C16H21N3O2/c1-12-14(10-20)15(18-9-8-16(2,21)11-18)19(17-12)13-6-4-3-5-7-13/h3-7,20-21H,8-11H2,1-2H3. The average Bonchev–Trinajstić information content (AvgIpc) is 2.99. The highest BCUT2D eigenvalue weighted by molar-refractivity contribution is 5.56. The van der Waals surface area contributed by atoms with Crippen molar-refractivity contribution in [2.24, 2.45) is 0 Å². The van der Waals surface area contributed by atoms with Crippen LogP contribution >= 0.6 is 0 Å². The predicted octanol–water partition coefficient (Wildman–Crippen LogP) is 1.63. The number of aromatic nitrogens is 2. The van der Waals surface area contributed by atoms with Crippen molar-refractivity contribution in [1.82, 2.24) is 9.78 Å². The molecule has 1 atom stereocenters. The van der Waals surface area contributed by atoms with Gasteiger partial charge < -0.3 is 15.1 Å². The van der Waals surface area contributed by atoms with E-state index in [1.54, 1.807) is 0 Å². The van der Waals surface area contributed by atoms with E-state index in [1.807, 2.05) is 48.9 Å². The van der Waals surface area contributed by atoms with E-state index in [0.717, 1.165) is 35.7 Å². The van der Waals surface area contributed by atoms with E-state index in [9.17, 15) is 10.2 Å². The summed E-state index contributed by atoms with van der Waals surface area (Å²) in [7, 11) is 0. The second-order valence-corrected chi connectivity index (χ2v) is 5.96. The lowest BCUT2D eigenvalue weighted by molar-refractivity contribution is 0.0838. The Morgan fingerprint density at radius 1 is 1.29 bits per heavy atom. The van der Waals surface area contributed by atoms with E-state index in [0.29, 0.717) is 6.54 Å². The number of rotatable bonds is 3. The number of aliphatic hydroxyl groups is 2. The van der Waals surface area contributed by atoms with Crippen LogP contribution < -0.4 is 4.90 Å². The van der Waals surface area contributed by atoms with Crippen molar-refractivity contribution < 1.29 is 10.2 Å². The number of hydrogen-bond acceptors (Lipinski definition) is 4. The maximum Gasteiger partial charge on any atom is 0.138 e. The molecule has 0 spiro atoms. The predicted molar refractivity (Wildman–Crippen MR) is 81.7 cm³/mol. The molecule has 5 nitrogen and oxygen atoms in total. The van der Waals surface area contributed by atoms with E-state index in [4.69, 9.17) is 0 Å². The van der Waals surface area contributed by atoms with Crippen LogP contribution in [0.15, 0.2) is 30.3 Å². The molecule has 0 bridgehead atoms. The molecule has 2 heterocycles. The minimum absolute atomic E-state index is 0.0490. The molecule has 21 heavy (non-hydrogen) atoms. The highest BCUT2D eigenvalue weighted by atomic mass is 16.3. The summed E-state index contributed by atoms with van der Waals surface area (Å²) in [5, 5.41) is 24.5. The number of nitrogens with zero attached hydrogens (tertiary/aromatic N) is 3. The molecule has 2 aromatic rings. The molecular weight excluding hydrogens is 266 g/mol. The zero-order valence-corrected chi connectivity index (χ0v) is 12.5. The summed E-state index contributed by atoms with van der Waals surface area (Å²) in [5.41, 5.74) is 1.92. The maximum atomic E-state index is 10.2. The highest BCUT2D eigenvalue weighted by Crippen LogP contribution is 2.32. The summed E-state index contributed by atoms with van der Waals surface area (Å²) >= 11 is 0. The Balaban J connectivity index is 2.10. The van der Waals surface area contributed by atoms with Gasteiger partial charge >= 0.3 is 0 Å². The van der Waals surface area contributed by atoms with E-state index in [1.165, 1.54) is 0 Å². The van der Waals surface area contributed by atoms with Gasteiger partial charge in [0.2, 0.25) is 0 Å². The molecule has 3 rings (SSSR count). The maximum absolute atomic E-state index is 10.2. The van der Waals surface area contributed by atoms with Gasteiger partial charge in [-0.25, -0.2) is 4.68 Å². The summed E-state index contributed by atoms with van der Waals surface area (Å²) in [6.45, 7) is 5.02. The second-order valence-electron chi connectivity index (χ2n) is 5.96. The first-order valence-corrected chi connectivity index (χ1v) is 7.24. The third-order valence-corrected chi connectivity index (χ3v) is 4.07. The lowest BCUT2D eigenvalue weighted by atomic mass is 10.1. The molecule has 1 unspecified atom stereocenters. The van der Waals surface area contributed by atoms with Gasteiger partial charge in [0.1, 0.15) is 5.82 Å². The molecule has 112 valence electrons. The zero-order chi connectivity index (χ0) is 15.0. The second kappa shape index (κ2) is 5.16. The van der Waals surface area contributed by atoms with Gasteiger partial charge in [0.05, 0.1) is 23.6 Å². The van der Waals surface area contributed by atoms with Gasteiger partial charge in [-0.3, -0.25) is 0 Å². The normalized spacial score (nSPS) is 22.0. The van der Waals surface area contributed by atoms with Crippen LogP contribution in [0.4, 0.5) is 5.82 Å². The SMILES string of the molecule is Cc1nn(-c2ccccc2)c(N2CCC(C)(O)C2)c1CO. The van der Waals surface area contributed by atoms with Crippen molar-refractivity contribution in [1.29, 1.82) is 0 Å². The Morgan fingerprint density at radius 3 is 2.57 bits per heavy atom. The van der Waals surface area contributed by atoms with Crippen LogP contribution in [0.25, 0.3) is 5.69 Å². The number of hydrogen-bond donors (Lipinski definition) is 2. The van der Waals surface area contributed by atoms with Gasteiger partial charge in [-0.1, -0.05) is 18.2 Å². The van der Waals surface area contributed by atoms with E-state index < -0.39 is 5.60 Å². The summed E-state index contributed by atoms with van der Waals surface area (Å²) < 4.78 is 1.86. The Labute approximate surface area is 124 Å². The molecule has 1 fully saturated rings. The van der Waals surface area contributed by atoms with Crippen molar-refractivity contribution in [3.63, 3.8) is 0 Å². The molecule has 0 aliphatic carbocycles. The van der Waals surface area contributed by atoms with Crippen molar-refractivity contribution in [2.75, 3.05) is 18.0 Å². The van der Waals surface area contributed by atoms with Gasteiger partial charge in [-0.15, -0.1) is 0 Å². The molecule has 1 aliphatic heterocycles. The summed E-state index contributed by atoms with van der Waals surface area (Å²) in [5.74, 6) is 0.888. The number of anilines is 1. The molecule has 1 aromatic heterocycles. The molecule has 1 saturated heterocycles. The number of para-hydroxylation sites is 1. The molecule has 5 heteroatoms. The largest absolute Gasteiger partial charge is 0.391 e. The fraction of sp³-hybridized carbons (Fsp3) is 0.438. The van der Waals surface area contributed by atoms with Crippen molar-refractivity contribution >= 4 is 5.82 Å². The number of β-amino-alcohol motifs (C(OH)–C–C–N with tert-alkyl or cyclic N) is 1. The van der Waals surface area contributed by atoms with Gasteiger partial charge in [0, 0.05) is 18.7 Å². The monoisotopic (exact) mass is 287 g/mol. The minimum Gasteiger partial charge on any atom is -0.391 e. The Bertz CT molecular complexity index is 634. The van der Waals surface area contributed by atoms with Crippen molar-refractivity contribution in [2.45, 2.75) is 32.5 Å². The van der Waals surface area contributed by atoms with Crippen molar-refractivity contribution in [3.05, 3.63) is 41.6 Å². The molecule has 2 N–H and O–H groups in total. The quantitative estimate of drug-likeness (QED) is 0.901. The van der Waals surface area contributed by atoms with Crippen LogP contribution in [-0.2, 0) is 6.61 Å². The summed E-state index contributed by atoms with van der Waals surface area (Å²) in [6, 6.07) is 9.88. The molecular formula is C16H21N3O2. The first-order chi connectivity index (χ1) is 10.0. The van der Waals surface area contributed by atoms with Gasteiger partial charge in [-0.2, -0.15) is 5.10 Å². The first kappa shape index (κ1) is 14.1. The smallest absolute Gasteiger partial charge is 0.138 e. The average molecular weight is 287 g/mol. The van der Waals surface area contributed by atoms with E-state index in [2.05, 4.69) is 10.00 Å². The third kappa shape index (κ3) is 2.54. The Kier molecular flexibility index (Phi) is 3.47. The van der Waals surface area contributed by atoms with E-state index >= 15 is 0 Å². The first-order valence-electron chi connectivity index (χ1n) is 7.24. The fourth-order valence-electron chi connectivity index (χ4n) is 2.93. The zero-order valence-electron chi connectivity index (χ0n) is 12.5. The van der Waals surface area contributed by atoms with Crippen LogP contribution in [0, 0.1) is 6.92 Å². The van der Waals surface area contributed by atoms with Crippen molar-refractivity contribution in [3.8, 4) is 5.69 Å². The molecule has 0 amide bonds. The number of aryl methyl sites for hydroxylation is 1. The minimum atomic E-state index is -0.688. The molecule has 0 radical (unpaired) electrons. The lowest BCUT2D eigenvalue weighted by Crippen LogP contribution is -2.31. The summed E-state index contributed by atoms with van der Waals surface area (Å²) in [6.07, 6.45) is 0.719. The summed E-state index contributed by atoms with van der Waals surface area (Å²) in [4.78, 5) is 2.11. The van der Waals surface area contributed by atoms with Crippen LogP contribution in [0.3, 0.4) is 0 Å². The topological polar surface area (TPSA) is 61.5 Å².